The maximum absolute atomic E-state index is 2.52. The summed E-state index contributed by atoms with van der Waals surface area (Å²) in [6, 6.07) is 35.5. The maximum Gasteiger partial charge on any atom is -1.00 e. The largest absolute Gasteiger partial charge is 1.00 e. The molecule has 0 bridgehead atoms. The second kappa shape index (κ2) is 13.0. The first-order chi connectivity index (χ1) is 19.1. The average molecular weight is 688 g/mol. The van der Waals surface area contributed by atoms with E-state index in [1.165, 1.54) is 22.3 Å². The molecule has 0 radical (unpaired) electrons. The van der Waals surface area contributed by atoms with E-state index in [0.29, 0.717) is 0 Å². The summed E-state index contributed by atoms with van der Waals surface area (Å²) in [7, 11) is 0. The van der Waals surface area contributed by atoms with Crippen LogP contribution in [-0.4, -0.2) is 5.92 Å². The van der Waals surface area contributed by atoms with Crippen LogP contribution in [0, 0.1) is 0 Å². The van der Waals surface area contributed by atoms with E-state index in [-0.39, 0.29) is 35.6 Å². The van der Waals surface area contributed by atoms with Gasteiger partial charge < -0.3 is 24.8 Å². The van der Waals surface area contributed by atoms with Crippen LogP contribution in [0.4, 0.5) is 0 Å². The molecule has 4 aromatic carbocycles. The molecule has 0 saturated heterocycles. The molecular formula is C38H41Cl2SiZr. The van der Waals surface area contributed by atoms with Crippen molar-refractivity contribution < 1.29 is 45.7 Å². The number of fused-ring (bicyclic) bond motifs is 3. The fourth-order valence-electron chi connectivity index (χ4n) is 6.63. The first kappa shape index (κ1) is 32.9. The Kier molecular flexibility index (Phi) is 10.2. The molecule has 0 atom stereocenters. The van der Waals surface area contributed by atoms with Gasteiger partial charge in [0.05, 0.1) is 0 Å². The molecule has 6 rings (SSSR count). The molecule has 0 heterocycles. The molecule has 0 aliphatic heterocycles. The summed E-state index contributed by atoms with van der Waals surface area (Å²) in [4.78, 5) is 0. The van der Waals surface area contributed by atoms with Gasteiger partial charge in [0.15, 0.2) is 0 Å². The van der Waals surface area contributed by atoms with Crippen LogP contribution in [0.15, 0.2) is 113 Å². The third-order valence-electron chi connectivity index (χ3n) is 8.69. The zero-order valence-corrected chi connectivity index (χ0v) is 30.8. The molecule has 0 aromatic heterocycles. The van der Waals surface area contributed by atoms with E-state index in [1.54, 1.807) is 28.1 Å². The zero-order chi connectivity index (χ0) is 28.1. The quantitative estimate of drug-likeness (QED) is 0.246. The van der Waals surface area contributed by atoms with E-state index in [9.17, 15) is 0 Å². The number of allylic oxidation sites excluding steroid dienone is 4. The maximum atomic E-state index is 2.52. The molecule has 0 saturated carbocycles. The van der Waals surface area contributed by atoms with Crippen LogP contribution in [0.3, 0.4) is 0 Å². The van der Waals surface area contributed by atoms with Gasteiger partial charge in [-0.25, -0.2) is 0 Å². The van der Waals surface area contributed by atoms with Crippen molar-refractivity contribution in [2.24, 2.45) is 0 Å². The average Bonchev–Trinajstić information content (AvgIpc) is 3.59. The second-order valence-electron chi connectivity index (χ2n) is 13.6. The Bertz CT molecular complexity index is 1570. The number of rotatable bonds is 5. The van der Waals surface area contributed by atoms with Crippen molar-refractivity contribution in [1.29, 1.82) is 0 Å². The van der Waals surface area contributed by atoms with Crippen LogP contribution in [-0.2, 0) is 38.2 Å². The molecule has 4 aromatic rings. The SMILES string of the molecule is CC(C)(C)c1ccc2c(c1)Cc1c-2ccc(C(C)(C)C)[c]1[Zr+2]([C]1=CC=CC1)[SiH](c1ccccc1)c1ccccc1.[Cl-].[Cl-]. The van der Waals surface area contributed by atoms with E-state index < -0.39 is 26.8 Å². The van der Waals surface area contributed by atoms with Crippen LogP contribution in [0.5, 0.6) is 0 Å². The fourth-order valence-corrected chi connectivity index (χ4v) is 30.9. The van der Waals surface area contributed by atoms with Gasteiger partial charge in [-0.05, 0) is 0 Å². The van der Waals surface area contributed by atoms with Gasteiger partial charge >= 0.3 is 252 Å². The molecular weight excluding hydrogens is 647 g/mol. The molecule has 0 N–H and O–H groups in total. The number of hydrogen-bond acceptors (Lipinski definition) is 0. The Hall–Kier alpha value is -1.96. The van der Waals surface area contributed by atoms with Crippen molar-refractivity contribution in [2.75, 3.05) is 0 Å². The Balaban J connectivity index is 0.00000202. The minimum absolute atomic E-state index is 0. The Morgan fingerprint density at radius 3 is 1.79 bits per heavy atom. The van der Waals surface area contributed by atoms with E-state index >= 15 is 0 Å². The molecule has 0 fully saturated rings. The fraction of sp³-hybridized carbons (Fsp3) is 0.263. The van der Waals surface area contributed by atoms with Gasteiger partial charge in [-0.15, -0.1) is 0 Å². The summed E-state index contributed by atoms with van der Waals surface area (Å²) >= 11 is -2.48. The first-order valence-electron chi connectivity index (χ1n) is 14.8. The Labute approximate surface area is 274 Å². The molecule has 0 amide bonds. The van der Waals surface area contributed by atoms with Crippen molar-refractivity contribution >= 4 is 19.6 Å². The molecule has 42 heavy (non-hydrogen) atoms. The van der Waals surface area contributed by atoms with Crippen LogP contribution in [0.2, 0.25) is 0 Å². The van der Waals surface area contributed by atoms with Gasteiger partial charge in [-0.3, -0.25) is 0 Å². The van der Waals surface area contributed by atoms with Gasteiger partial charge in [0.25, 0.3) is 0 Å². The van der Waals surface area contributed by atoms with Crippen LogP contribution in [0.25, 0.3) is 11.1 Å². The summed E-state index contributed by atoms with van der Waals surface area (Å²) in [5, 5.41) is 3.22. The first-order valence-corrected chi connectivity index (χ1v) is 23.2. The van der Waals surface area contributed by atoms with Crippen molar-refractivity contribution in [1.82, 2.24) is 0 Å². The molecule has 2 aliphatic carbocycles. The second-order valence-corrected chi connectivity index (χ2v) is 28.3. The Morgan fingerprint density at radius 1 is 0.667 bits per heavy atom. The minimum Gasteiger partial charge on any atom is -1.00 e. The standard InChI is InChI=1S/C21H25.C12H11Si.C5H5.2ClH.Zr/c1-20(2,3)16-7-9-18-14(12-16)11-15-13-17(21(4,5)6)8-10-19(15)18;1-3-7-11(8-4-1)13-12-9-5-2-6-10-12;1-2-4-5-3-1;;;/h7-10,12H,11H2,1-6H3;1-10,13H;1-3H,4H2;2*1H;/q;;;;;+2/p-2. The molecule has 0 unspecified atom stereocenters. The minimum atomic E-state index is -2.48. The molecule has 0 spiro atoms. The van der Waals surface area contributed by atoms with E-state index in [2.05, 4.69) is 151 Å². The topological polar surface area (TPSA) is 0 Å². The number of benzene rings is 4. The Morgan fingerprint density at radius 2 is 1.26 bits per heavy atom. The van der Waals surface area contributed by atoms with Crippen molar-refractivity contribution in [2.45, 2.75) is 65.2 Å². The summed E-state index contributed by atoms with van der Waals surface area (Å²) in [6.45, 7) is 14.3. The normalized spacial score (nSPS) is 13.6. The van der Waals surface area contributed by atoms with Gasteiger partial charge in [0, 0.05) is 0 Å². The predicted molar refractivity (Wildman–Crippen MR) is 173 cm³/mol. The predicted octanol–water partition coefficient (Wildman–Crippen LogP) is 1.49. The van der Waals surface area contributed by atoms with Gasteiger partial charge in [-0.2, -0.15) is 0 Å². The van der Waals surface area contributed by atoms with Crippen molar-refractivity contribution in [3.63, 3.8) is 0 Å². The van der Waals surface area contributed by atoms with Crippen molar-refractivity contribution in [3.8, 4) is 11.1 Å². The van der Waals surface area contributed by atoms with Gasteiger partial charge in [-0.1, -0.05) is 0 Å². The van der Waals surface area contributed by atoms with Crippen LogP contribution in [0.1, 0.15) is 70.2 Å². The third kappa shape index (κ3) is 6.30. The summed E-state index contributed by atoms with van der Waals surface area (Å²) in [5.41, 5.74) is 9.43. The summed E-state index contributed by atoms with van der Waals surface area (Å²) < 4.78 is 3.58. The molecule has 215 valence electrons. The smallest absolute Gasteiger partial charge is 1.00 e. The monoisotopic (exact) mass is 685 g/mol. The molecule has 0 nitrogen and oxygen atoms in total. The molecule has 4 heteroatoms. The van der Waals surface area contributed by atoms with E-state index in [0.717, 1.165) is 12.8 Å². The van der Waals surface area contributed by atoms with Crippen LogP contribution >= 0.6 is 0 Å². The van der Waals surface area contributed by atoms with Crippen LogP contribution < -0.4 is 38.5 Å². The summed E-state index contributed by atoms with van der Waals surface area (Å²) in [5.74, 6) is -1.53. The van der Waals surface area contributed by atoms with E-state index in [1.807, 2.05) is 0 Å². The van der Waals surface area contributed by atoms with E-state index in [4.69, 9.17) is 0 Å². The zero-order valence-electron chi connectivity index (χ0n) is 25.6. The van der Waals surface area contributed by atoms with Gasteiger partial charge in [0.2, 0.25) is 0 Å². The van der Waals surface area contributed by atoms with Crippen molar-refractivity contribution in [3.05, 3.63) is 135 Å². The summed E-state index contributed by atoms with van der Waals surface area (Å²) in [6.07, 6.45) is 9.46. The number of hydrogen-bond donors (Lipinski definition) is 0. The number of halogens is 2. The van der Waals surface area contributed by atoms with Gasteiger partial charge in [0.1, 0.15) is 0 Å². The third-order valence-corrected chi connectivity index (χ3v) is 29.8. The molecule has 2 aliphatic rings.